The summed E-state index contributed by atoms with van der Waals surface area (Å²) in [6, 6.07) is 1.84. The number of carbonyl (C=O) groups excluding carboxylic acids is 1. The second-order valence-electron chi connectivity index (χ2n) is 6.99. The van der Waals surface area contributed by atoms with Crippen LogP contribution in [-0.4, -0.2) is 60.7 Å². The highest BCUT2D eigenvalue weighted by atomic mass is 16.5. The van der Waals surface area contributed by atoms with Gasteiger partial charge in [0, 0.05) is 57.8 Å². The Morgan fingerprint density at radius 1 is 1.33 bits per heavy atom. The minimum absolute atomic E-state index is 0.166. The molecule has 0 saturated carbocycles. The molecule has 0 aromatic carbocycles. The van der Waals surface area contributed by atoms with E-state index in [1.807, 2.05) is 11.0 Å². The number of anilines is 2. The highest BCUT2D eigenvalue weighted by Crippen LogP contribution is 2.40. The number of hydrogen-bond acceptors (Lipinski definition) is 6. The fourth-order valence-corrected chi connectivity index (χ4v) is 3.98. The van der Waals surface area contributed by atoms with Crippen molar-refractivity contribution in [3.63, 3.8) is 0 Å². The number of carbonyl (C=O) groups is 1. The van der Waals surface area contributed by atoms with Crippen LogP contribution in [0.5, 0.6) is 0 Å². The summed E-state index contributed by atoms with van der Waals surface area (Å²) in [5.41, 5.74) is 5.97. The van der Waals surface area contributed by atoms with E-state index in [-0.39, 0.29) is 11.3 Å². The summed E-state index contributed by atoms with van der Waals surface area (Å²) in [7, 11) is 1.70. The number of nitrogens with zero attached hydrogens (tertiary/aromatic N) is 4. The molecule has 2 aliphatic heterocycles. The molecule has 24 heavy (non-hydrogen) atoms. The van der Waals surface area contributed by atoms with Crippen molar-refractivity contribution in [2.75, 3.05) is 50.5 Å². The number of ether oxygens (including phenoxy) is 1. The Labute approximate surface area is 143 Å². The third kappa shape index (κ3) is 3.77. The fourth-order valence-electron chi connectivity index (χ4n) is 3.98. The van der Waals surface area contributed by atoms with Crippen LogP contribution in [0.1, 0.15) is 32.1 Å². The predicted molar refractivity (Wildman–Crippen MR) is 92.6 cm³/mol. The zero-order chi connectivity index (χ0) is 17.0. The van der Waals surface area contributed by atoms with Crippen LogP contribution < -0.4 is 10.6 Å². The lowest BCUT2D eigenvalue weighted by Gasteiger charge is -2.48. The van der Waals surface area contributed by atoms with Crippen LogP contribution in [0, 0.1) is 5.41 Å². The SMILES string of the molecule is COCCCN1CC2(CCCN(c3cc(N)ncn3)C2)CCC1=O. The van der Waals surface area contributed by atoms with Gasteiger partial charge in [0.1, 0.15) is 18.0 Å². The molecule has 7 nitrogen and oxygen atoms in total. The Morgan fingerprint density at radius 2 is 2.21 bits per heavy atom. The van der Waals surface area contributed by atoms with E-state index in [1.165, 1.54) is 6.33 Å². The molecule has 0 bridgehead atoms. The molecule has 0 aliphatic carbocycles. The highest BCUT2D eigenvalue weighted by molar-refractivity contribution is 5.77. The van der Waals surface area contributed by atoms with E-state index in [4.69, 9.17) is 10.5 Å². The third-order valence-electron chi connectivity index (χ3n) is 5.18. The van der Waals surface area contributed by atoms with Crippen molar-refractivity contribution in [1.82, 2.24) is 14.9 Å². The first-order chi connectivity index (χ1) is 11.6. The molecule has 3 heterocycles. The van der Waals surface area contributed by atoms with Gasteiger partial charge in [0.25, 0.3) is 0 Å². The van der Waals surface area contributed by atoms with Gasteiger partial charge in [0.15, 0.2) is 0 Å². The molecule has 1 aromatic heterocycles. The molecular formula is C17H27N5O2. The summed E-state index contributed by atoms with van der Waals surface area (Å²) in [6.07, 6.45) is 6.30. The minimum Gasteiger partial charge on any atom is -0.385 e. The molecular weight excluding hydrogens is 306 g/mol. The van der Waals surface area contributed by atoms with Crippen LogP contribution in [0.25, 0.3) is 0 Å². The van der Waals surface area contributed by atoms with Gasteiger partial charge < -0.3 is 20.3 Å². The Bertz CT molecular complexity index is 582. The van der Waals surface area contributed by atoms with E-state index in [0.29, 0.717) is 18.8 Å². The van der Waals surface area contributed by atoms with Crippen molar-refractivity contribution < 1.29 is 9.53 Å². The normalized spacial score (nSPS) is 24.6. The van der Waals surface area contributed by atoms with Crippen molar-refractivity contribution >= 4 is 17.5 Å². The molecule has 132 valence electrons. The molecule has 7 heteroatoms. The summed E-state index contributed by atoms with van der Waals surface area (Å²) in [5, 5.41) is 0. The lowest BCUT2D eigenvalue weighted by molar-refractivity contribution is -0.138. The van der Waals surface area contributed by atoms with Gasteiger partial charge in [-0.2, -0.15) is 0 Å². The number of hydrogen-bond donors (Lipinski definition) is 1. The zero-order valence-corrected chi connectivity index (χ0v) is 14.4. The molecule has 2 fully saturated rings. The number of aromatic nitrogens is 2. The first kappa shape index (κ1) is 17.0. The average molecular weight is 333 g/mol. The summed E-state index contributed by atoms with van der Waals surface area (Å²) < 4.78 is 5.12. The summed E-state index contributed by atoms with van der Waals surface area (Å²) in [4.78, 5) is 24.9. The van der Waals surface area contributed by atoms with E-state index >= 15 is 0 Å². The molecule has 0 radical (unpaired) electrons. The second-order valence-corrected chi connectivity index (χ2v) is 6.99. The second kappa shape index (κ2) is 7.34. The van der Waals surface area contributed by atoms with Crippen LogP contribution in [0.2, 0.25) is 0 Å². The summed E-state index contributed by atoms with van der Waals surface area (Å²) in [5.74, 6) is 1.67. The van der Waals surface area contributed by atoms with Gasteiger partial charge in [-0.25, -0.2) is 9.97 Å². The van der Waals surface area contributed by atoms with Crippen LogP contribution in [-0.2, 0) is 9.53 Å². The van der Waals surface area contributed by atoms with Crippen molar-refractivity contribution in [2.45, 2.75) is 32.1 Å². The van der Waals surface area contributed by atoms with Gasteiger partial charge in [-0.05, 0) is 25.7 Å². The molecule has 1 aromatic rings. The maximum absolute atomic E-state index is 12.2. The van der Waals surface area contributed by atoms with Gasteiger partial charge in [0.05, 0.1) is 0 Å². The first-order valence-electron chi connectivity index (χ1n) is 8.71. The molecule has 1 unspecified atom stereocenters. The zero-order valence-electron chi connectivity index (χ0n) is 14.4. The molecule has 1 spiro atoms. The van der Waals surface area contributed by atoms with Crippen molar-refractivity contribution in [3.8, 4) is 0 Å². The van der Waals surface area contributed by atoms with Crippen LogP contribution in [0.4, 0.5) is 11.6 Å². The van der Waals surface area contributed by atoms with Crippen LogP contribution in [0.15, 0.2) is 12.4 Å². The lowest BCUT2D eigenvalue weighted by atomic mass is 9.73. The largest absolute Gasteiger partial charge is 0.385 e. The average Bonchev–Trinajstić information content (AvgIpc) is 2.59. The number of amides is 1. The summed E-state index contributed by atoms with van der Waals surface area (Å²) >= 11 is 0. The highest BCUT2D eigenvalue weighted by Gasteiger charge is 2.41. The van der Waals surface area contributed by atoms with Crippen LogP contribution >= 0.6 is 0 Å². The van der Waals surface area contributed by atoms with Crippen molar-refractivity contribution in [1.29, 1.82) is 0 Å². The number of likely N-dealkylation sites (tertiary alicyclic amines) is 1. The Morgan fingerprint density at radius 3 is 3.00 bits per heavy atom. The van der Waals surface area contributed by atoms with E-state index in [9.17, 15) is 4.79 Å². The molecule has 3 rings (SSSR count). The first-order valence-corrected chi connectivity index (χ1v) is 8.71. The minimum atomic E-state index is 0.166. The topological polar surface area (TPSA) is 84.6 Å². The van der Waals surface area contributed by atoms with E-state index in [2.05, 4.69) is 14.9 Å². The van der Waals surface area contributed by atoms with Gasteiger partial charge in [-0.15, -0.1) is 0 Å². The van der Waals surface area contributed by atoms with E-state index in [1.54, 1.807) is 7.11 Å². The van der Waals surface area contributed by atoms with Gasteiger partial charge in [-0.3, -0.25) is 4.79 Å². The van der Waals surface area contributed by atoms with Gasteiger partial charge >= 0.3 is 0 Å². The van der Waals surface area contributed by atoms with Crippen molar-refractivity contribution in [2.24, 2.45) is 5.41 Å². The third-order valence-corrected chi connectivity index (χ3v) is 5.18. The van der Waals surface area contributed by atoms with Gasteiger partial charge in [0.2, 0.25) is 5.91 Å². The molecule has 1 amide bonds. The maximum Gasteiger partial charge on any atom is 0.222 e. The number of nitrogen functional groups attached to an aromatic ring is 1. The van der Waals surface area contributed by atoms with E-state index in [0.717, 1.165) is 57.7 Å². The summed E-state index contributed by atoms with van der Waals surface area (Å²) in [6.45, 7) is 4.23. The monoisotopic (exact) mass is 333 g/mol. The standard InChI is InChI=1S/C17H27N5O2/c1-24-9-3-8-22-12-17(6-4-16(22)23)5-2-7-21(11-17)15-10-14(18)19-13-20-15/h10,13H,2-9,11-12H2,1H3,(H2,18,19,20). The smallest absolute Gasteiger partial charge is 0.222 e. The Balaban J connectivity index is 1.69. The Hall–Kier alpha value is -1.89. The van der Waals surface area contributed by atoms with Crippen molar-refractivity contribution in [3.05, 3.63) is 12.4 Å². The Kier molecular flexibility index (Phi) is 5.18. The fraction of sp³-hybridized carbons (Fsp3) is 0.706. The number of nitrogens with two attached hydrogens (primary N) is 1. The predicted octanol–water partition coefficient (Wildman–Crippen LogP) is 1.30. The number of methoxy groups -OCH3 is 1. The molecule has 2 saturated heterocycles. The molecule has 2 N–H and O–H groups in total. The molecule has 1 atom stereocenters. The maximum atomic E-state index is 12.2. The number of piperidine rings is 2. The molecule has 2 aliphatic rings. The van der Waals surface area contributed by atoms with Gasteiger partial charge in [-0.1, -0.05) is 0 Å². The lowest BCUT2D eigenvalue weighted by Crippen LogP contribution is -2.54. The number of rotatable bonds is 5. The van der Waals surface area contributed by atoms with E-state index < -0.39 is 0 Å². The van der Waals surface area contributed by atoms with Crippen LogP contribution in [0.3, 0.4) is 0 Å². The quantitative estimate of drug-likeness (QED) is 0.818.